The third-order valence-corrected chi connectivity index (χ3v) is 2.90. The lowest BCUT2D eigenvalue weighted by Gasteiger charge is -2.15. The van der Waals surface area contributed by atoms with Gasteiger partial charge in [-0.1, -0.05) is 12.1 Å². The smallest absolute Gasteiger partial charge is 0.173 e. The summed E-state index contributed by atoms with van der Waals surface area (Å²) in [5.41, 5.74) is 1.17. The molecule has 0 unspecified atom stereocenters. The predicted octanol–water partition coefficient (Wildman–Crippen LogP) is 3.89. The monoisotopic (exact) mass is 273 g/mol. The van der Waals surface area contributed by atoms with Crippen LogP contribution in [0.3, 0.4) is 0 Å². The van der Waals surface area contributed by atoms with Crippen molar-refractivity contribution >= 4 is 11.5 Å². The maximum absolute atomic E-state index is 13.9. The van der Waals surface area contributed by atoms with Gasteiger partial charge in [-0.05, 0) is 31.2 Å². The molecule has 2 aromatic rings. The molecule has 20 heavy (non-hydrogen) atoms. The quantitative estimate of drug-likeness (QED) is 0.792. The van der Waals surface area contributed by atoms with Crippen LogP contribution in [0, 0.1) is 5.82 Å². The first-order chi connectivity index (χ1) is 9.49. The minimum atomic E-state index is -0.548. The summed E-state index contributed by atoms with van der Waals surface area (Å²) in [5.74, 6) is -0.323. The standard InChI is InChI=1S/C16H16FNO2/c1-11(19)14-8-5-9-15(17)16(14)20-13-7-4-6-12(10-13)18(2)3/h4-10H,1-3H3. The van der Waals surface area contributed by atoms with Gasteiger partial charge < -0.3 is 9.64 Å². The van der Waals surface area contributed by atoms with E-state index in [1.54, 1.807) is 18.2 Å². The van der Waals surface area contributed by atoms with Gasteiger partial charge in [0.25, 0.3) is 0 Å². The summed E-state index contributed by atoms with van der Waals surface area (Å²) in [6.45, 7) is 1.39. The summed E-state index contributed by atoms with van der Waals surface area (Å²) in [5, 5.41) is 0. The van der Waals surface area contributed by atoms with Crippen LogP contribution in [0.1, 0.15) is 17.3 Å². The lowest BCUT2D eigenvalue weighted by Crippen LogP contribution is -2.08. The van der Waals surface area contributed by atoms with Crippen molar-refractivity contribution in [2.75, 3.05) is 19.0 Å². The number of halogens is 1. The summed E-state index contributed by atoms with van der Waals surface area (Å²) < 4.78 is 19.4. The van der Waals surface area contributed by atoms with Crippen LogP contribution in [0.4, 0.5) is 10.1 Å². The van der Waals surface area contributed by atoms with Gasteiger partial charge in [-0.2, -0.15) is 0 Å². The Kier molecular flexibility index (Phi) is 4.03. The number of ether oxygens (including phenoxy) is 1. The van der Waals surface area contributed by atoms with E-state index in [0.29, 0.717) is 5.75 Å². The number of rotatable bonds is 4. The molecule has 3 nitrogen and oxygen atoms in total. The molecule has 104 valence electrons. The Morgan fingerprint density at radius 1 is 1.15 bits per heavy atom. The topological polar surface area (TPSA) is 29.5 Å². The van der Waals surface area contributed by atoms with E-state index in [9.17, 15) is 9.18 Å². The molecular weight excluding hydrogens is 257 g/mol. The second-order valence-electron chi connectivity index (χ2n) is 4.67. The minimum Gasteiger partial charge on any atom is -0.453 e. The van der Waals surface area contributed by atoms with Crippen LogP contribution in [-0.4, -0.2) is 19.9 Å². The highest BCUT2D eigenvalue weighted by Crippen LogP contribution is 2.30. The number of Topliss-reactive ketones (excluding diaryl/α,β-unsaturated/α-hetero) is 1. The number of benzene rings is 2. The molecule has 0 atom stereocenters. The Morgan fingerprint density at radius 2 is 1.85 bits per heavy atom. The number of hydrogen-bond donors (Lipinski definition) is 0. The van der Waals surface area contributed by atoms with Crippen molar-refractivity contribution in [1.82, 2.24) is 0 Å². The van der Waals surface area contributed by atoms with Gasteiger partial charge in [0.05, 0.1) is 5.56 Å². The number of carbonyl (C=O) groups is 1. The number of carbonyl (C=O) groups excluding carboxylic acids is 1. The SMILES string of the molecule is CC(=O)c1cccc(F)c1Oc1cccc(N(C)C)c1. The molecule has 0 aliphatic heterocycles. The molecule has 2 rings (SSSR count). The molecule has 0 amide bonds. The van der Waals surface area contributed by atoms with Crippen LogP contribution >= 0.6 is 0 Å². The van der Waals surface area contributed by atoms with E-state index in [4.69, 9.17) is 4.74 Å². The molecule has 0 saturated heterocycles. The van der Waals surface area contributed by atoms with Gasteiger partial charge in [0.15, 0.2) is 17.3 Å². The summed E-state index contributed by atoms with van der Waals surface area (Å²) >= 11 is 0. The third-order valence-electron chi connectivity index (χ3n) is 2.90. The van der Waals surface area contributed by atoms with Crippen molar-refractivity contribution in [2.24, 2.45) is 0 Å². The number of anilines is 1. The van der Waals surface area contributed by atoms with Gasteiger partial charge in [0, 0.05) is 25.8 Å². The maximum atomic E-state index is 13.9. The fraction of sp³-hybridized carbons (Fsp3) is 0.188. The average molecular weight is 273 g/mol. The summed E-state index contributed by atoms with van der Waals surface area (Å²) in [7, 11) is 3.81. The molecule has 2 aromatic carbocycles. The van der Waals surface area contributed by atoms with Gasteiger partial charge in [0.2, 0.25) is 0 Å². The molecular formula is C16H16FNO2. The lowest BCUT2D eigenvalue weighted by molar-refractivity contribution is 0.101. The second-order valence-corrected chi connectivity index (χ2v) is 4.67. The van der Waals surface area contributed by atoms with Gasteiger partial charge in [-0.15, -0.1) is 0 Å². The molecule has 0 aliphatic rings. The number of hydrogen-bond acceptors (Lipinski definition) is 3. The van der Waals surface area contributed by atoms with Crippen molar-refractivity contribution in [3.63, 3.8) is 0 Å². The van der Waals surface area contributed by atoms with Crippen LogP contribution in [0.25, 0.3) is 0 Å². The van der Waals surface area contributed by atoms with Gasteiger partial charge in [-0.3, -0.25) is 4.79 Å². The first-order valence-electron chi connectivity index (χ1n) is 6.23. The van der Waals surface area contributed by atoms with Crippen molar-refractivity contribution in [1.29, 1.82) is 0 Å². The average Bonchev–Trinajstić information content (AvgIpc) is 2.41. The highest BCUT2D eigenvalue weighted by molar-refractivity contribution is 5.96. The maximum Gasteiger partial charge on any atom is 0.173 e. The Bertz CT molecular complexity index is 638. The van der Waals surface area contributed by atoms with Gasteiger partial charge in [-0.25, -0.2) is 4.39 Å². The third kappa shape index (κ3) is 2.96. The number of nitrogens with zero attached hydrogens (tertiary/aromatic N) is 1. The summed E-state index contributed by atoms with van der Waals surface area (Å²) in [4.78, 5) is 13.4. The first-order valence-corrected chi connectivity index (χ1v) is 6.23. The molecule has 0 heterocycles. The van der Waals surface area contributed by atoms with E-state index in [1.165, 1.54) is 19.1 Å². The molecule has 0 fully saturated rings. The predicted molar refractivity (Wildman–Crippen MR) is 77.2 cm³/mol. The van der Waals surface area contributed by atoms with E-state index in [2.05, 4.69) is 0 Å². The van der Waals surface area contributed by atoms with E-state index in [0.717, 1.165) is 5.69 Å². The van der Waals surface area contributed by atoms with E-state index in [1.807, 2.05) is 31.1 Å². The molecule has 0 spiro atoms. The van der Waals surface area contributed by atoms with Crippen LogP contribution in [0.15, 0.2) is 42.5 Å². The van der Waals surface area contributed by atoms with Crippen molar-refractivity contribution in [3.05, 3.63) is 53.8 Å². The van der Waals surface area contributed by atoms with E-state index < -0.39 is 5.82 Å². The zero-order valence-electron chi connectivity index (χ0n) is 11.7. The second kappa shape index (κ2) is 5.74. The van der Waals surface area contributed by atoms with Crippen LogP contribution in [-0.2, 0) is 0 Å². The minimum absolute atomic E-state index is 0.0316. The molecule has 0 radical (unpaired) electrons. The molecule has 0 aliphatic carbocycles. The van der Waals surface area contributed by atoms with Crippen molar-refractivity contribution in [3.8, 4) is 11.5 Å². The van der Waals surface area contributed by atoms with E-state index in [-0.39, 0.29) is 17.1 Å². The van der Waals surface area contributed by atoms with Crippen molar-refractivity contribution < 1.29 is 13.9 Å². The van der Waals surface area contributed by atoms with Gasteiger partial charge in [0.1, 0.15) is 5.75 Å². The highest BCUT2D eigenvalue weighted by Gasteiger charge is 2.14. The Labute approximate surface area is 117 Å². The Morgan fingerprint density at radius 3 is 2.50 bits per heavy atom. The van der Waals surface area contributed by atoms with Crippen LogP contribution in [0.5, 0.6) is 11.5 Å². The molecule has 0 saturated carbocycles. The zero-order valence-corrected chi connectivity index (χ0v) is 11.7. The number of ketones is 1. The Hall–Kier alpha value is -2.36. The Balaban J connectivity index is 2.40. The van der Waals surface area contributed by atoms with Crippen molar-refractivity contribution in [2.45, 2.75) is 6.92 Å². The van der Waals surface area contributed by atoms with Crippen LogP contribution in [0.2, 0.25) is 0 Å². The molecule has 0 bridgehead atoms. The van der Waals surface area contributed by atoms with Gasteiger partial charge >= 0.3 is 0 Å². The fourth-order valence-corrected chi connectivity index (χ4v) is 1.83. The first kappa shape index (κ1) is 14.1. The highest BCUT2D eigenvalue weighted by atomic mass is 19.1. The molecule has 4 heteroatoms. The number of para-hydroxylation sites is 1. The molecule has 0 aromatic heterocycles. The van der Waals surface area contributed by atoms with E-state index >= 15 is 0 Å². The summed E-state index contributed by atoms with van der Waals surface area (Å²) in [6, 6.07) is 11.6. The fourth-order valence-electron chi connectivity index (χ4n) is 1.83. The normalized spacial score (nSPS) is 10.2. The summed E-state index contributed by atoms with van der Waals surface area (Å²) in [6.07, 6.45) is 0. The zero-order chi connectivity index (χ0) is 14.7. The van der Waals surface area contributed by atoms with Crippen LogP contribution < -0.4 is 9.64 Å². The molecule has 0 N–H and O–H groups in total. The largest absolute Gasteiger partial charge is 0.453 e. The lowest BCUT2D eigenvalue weighted by atomic mass is 10.1.